The summed E-state index contributed by atoms with van der Waals surface area (Å²) < 4.78 is 7.47. The van der Waals surface area contributed by atoms with Crippen LogP contribution in [0.3, 0.4) is 0 Å². The van der Waals surface area contributed by atoms with E-state index in [2.05, 4.69) is 24.0 Å². The first-order valence-corrected chi connectivity index (χ1v) is 9.84. The van der Waals surface area contributed by atoms with Gasteiger partial charge in [-0.15, -0.1) is 11.3 Å². The van der Waals surface area contributed by atoms with Gasteiger partial charge in [-0.25, -0.2) is 0 Å². The number of thiophene rings is 1. The summed E-state index contributed by atoms with van der Waals surface area (Å²) in [4.78, 5) is 16.1. The maximum absolute atomic E-state index is 13.2. The number of hydrogen-bond donors (Lipinski definition) is 1. The topological polar surface area (TPSA) is 63.1 Å². The Labute approximate surface area is 157 Å². The Morgan fingerprint density at radius 2 is 2.20 bits per heavy atom. The summed E-state index contributed by atoms with van der Waals surface area (Å²) in [6.45, 7) is 7.18. The van der Waals surface area contributed by atoms with Crippen molar-refractivity contribution in [1.82, 2.24) is 19.7 Å². The quantitative estimate of drug-likeness (QED) is 0.668. The lowest BCUT2D eigenvalue weighted by Crippen LogP contribution is -2.45. The zero-order chi connectivity index (χ0) is 18.4. The molecule has 1 N–H and O–H groups in total. The Kier molecular flexibility index (Phi) is 7.34. The van der Waals surface area contributed by atoms with Gasteiger partial charge in [-0.05, 0) is 43.4 Å². The van der Waals surface area contributed by atoms with Crippen LogP contribution in [0.1, 0.15) is 39.7 Å². The maximum Gasteiger partial charge on any atom is 0.245 e. The number of carbonyl (C=O) groups excluding carboxylic acids is 1. The van der Waals surface area contributed by atoms with Gasteiger partial charge in [-0.3, -0.25) is 14.5 Å². The Hall–Kier alpha value is -1.51. The minimum Gasteiger partial charge on any atom is -0.383 e. The number of methoxy groups -OCH3 is 1. The molecule has 2 rings (SSSR count). The van der Waals surface area contributed by atoms with E-state index in [0.29, 0.717) is 23.7 Å². The minimum atomic E-state index is -0.430. The fraction of sp³-hybridized carbons (Fsp3) is 0.588. The molecular weight excluding hydrogens is 356 g/mol. The summed E-state index contributed by atoms with van der Waals surface area (Å²) in [7, 11) is 1.65. The number of amides is 1. The van der Waals surface area contributed by atoms with Crippen LogP contribution in [0.5, 0.6) is 0 Å². The van der Waals surface area contributed by atoms with Crippen molar-refractivity contribution in [3.8, 4) is 10.7 Å². The second-order valence-corrected chi connectivity index (χ2v) is 7.20. The van der Waals surface area contributed by atoms with Gasteiger partial charge in [-0.2, -0.15) is 5.10 Å². The average molecular weight is 383 g/mol. The minimum absolute atomic E-state index is 0.0426. The number of nitrogens with one attached hydrogen (secondary N) is 1. The van der Waals surface area contributed by atoms with Crippen molar-refractivity contribution in [2.24, 2.45) is 0 Å². The van der Waals surface area contributed by atoms with E-state index < -0.39 is 6.04 Å². The van der Waals surface area contributed by atoms with Gasteiger partial charge in [0.15, 0.2) is 10.6 Å². The third kappa shape index (κ3) is 4.37. The second kappa shape index (κ2) is 9.26. The van der Waals surface area contributed by atoms with Gasteiger partial charge >= 0.3 is 0 Å². The molecule has 1 atom stereocenters. The summed E-state index contributed by atoms with van der Waals surface area (Å²) in [6.07, 6.45) is 1.82. The van der Waals surface area contributed by atoms with Crippen LogP contribution in [0.15, 0.2) is 17.5 Å². The molecule has 138 valence electrons. The molecule has 25 heavy (non-hydrogen) atoms. The van der Waals surface area contributed by atoms with Crippen molar-refractivity contribution in [2.75, 3.05) is 20.3 Å². The molecule has 8 heteroatoms. The molecule has 0 aliphatic carbocycles. The monoisotopic (exact) mass is 382 g/mol. The van der Waals surface area contributed by atoms with Crippen LogP contribution in [0.2, 0.25) is 0 Å². The van der Waals surface area contributed by atoms with Crippen LogP contribution < -0.4 is 0 Å². The molecule has 1 amide bonds. The van der Waals surface area contributed by atoms with E-state index in [-0.39, 0.29) is 11.9 Å². The molecule has 6 nitrogen and oxygen atoms in total. The van der Waals surface area contributed by atoms with Gasteiger partial charge in [0.05, 0.1) is 11.5 Å². The molecule has 0 aromatic carbocycles. The molecule has 0 saturated heterocycles. The first-order chi connectivity index (χ1) is 12.0. The van der Waals surface area contributed by atoms with E-state index in [4.69, 9.17) is 17.0 Å². The number of rotatable bonds is 9. The summed E-state index contributed by atoms with van der Waals surface area (Å²) in [5.74, 6) is 0.748. The molecule has 0 spiro atoms. The summed E-state index contributed by atoms with van der Waals surface area (Å²) in [5, 5.41) is 9.14. The first kappa shape index (κ1) is 19.8. The molecule has 0 fully saturated rings. The Morgan fingerprint density at radius 3 is 2.76 bits per heavy atom. The fourth-order valence-electron chi connectivity index (χ4n) is 2.99. The molecule has 0 aliphatic rings. The number of carbonyl (C=O) groups is 1. The summed E-state index contributed by atoms with van der Waals surface area (Å²) in [5.41, 5.74) is 0. The highest BCUT2D eigenvalue weighted by Gasteiger charge is 2.28. The normalized spacial score (nSPS) is 12.5. The lowest BCUT2D eigenvalue weighted by molar-refractivity contribution is -0.137. The SMILES string of the molecule is CCC(CC)N(CCOC)C(=O)C(C)n1c(-c2cccs2)n[nH]c1=S. The van der Waals surface area contributed by atoms with Crippen LogP contribution >= 0.6 is 23.6 Å². The van der Waals surface area contributed by atoms with Crippen LogP contribution in [-0.4, -0.2) is 51.9 Å². The van der Waals surface area contributed by atoms with Gasteiger partial charge in [0, 0.05) is 19.7 Å². The van der Waals surface area contributed by atoms with Crippen LogP contribution in [-0.2, 0) is 9.53 Å². The third-order valence-electron chi connectivity index (χ3n) is 4.39. The molecule has 0 bridgehead atoms. The van der Waals surface area contributed by atoms with Crippen LogP contribution in [0.4, 0.5) is 0 Å². The highest BCUT2D eigenvalue weighted by Crippen LogP contribution is 2.27. The van der Waals surface area contributed by atoms with E-state index >= 15 is 0 Å². The van der Waals surface area contributed by atoms with E-state index in [1.807, 2.05) is 33.9 Å². The van der Waals surface area contributed by atoms with Gasteiger partial charge in [-0.1, -0.05) is 19.9 Å². The van der Waals surface area contributed by atoms with Gasteiger partial charge < -0.3 is 9.64 Å². The zero-order valence-electron chi connectivity index (χ0n) is 15.2. The van der Waals surface area contributed by atoms with Crippen molar-refractivity contribution in [3.05, 3.63) is 22.3 Å². The number of nitrogens with zero attached hydrogens (tertiary/aromatic N) is 3. The molecule has 2 aromatic rings. The number of ether oxygens (including phenoxy) is 1. The van der Waals surface area contributed by atoms with Crippen molar-refractivity contribution in [2.45, 2.75) is 45.7 Å². The zero-order valence-corrected chi connectivity index (χ0v) is 16.8. The van der Waals surface area contributed by atoms with E-state index in [0.717, 1.165) is 17.7 Å². The number of H-pyrrole nitrogens is 1. The van der Waals surface area contributed by atoms with Gasteiger partial charge in [0.25, 0.3) is 0 Å². The molecule has 0 saturated carbocycles. The Balaban J connectivity index is 2.34. The standard InChI is InChI=1S/C17H26N4O2S2/c1-5-13(6-2)20(9-10-23-4)16(22)12(3)21-15(18-19-17(21)24)14-8-7-11-25-14/h7-8,11-13H,5-6,9-10H2,1-4H3,(H,19,24). The summed E-state index contributed by atoms with van der Waals surface area (Å²) >= 11 is 6.97. The molecule has 1 unspecified atom stereocenters. The smallest absolute Gasteiger partial charge is 0.245 e. The number of aromatic amines is 1. The molecule has 2 aromatic heterocycles. The highest BCUT2D eigenvalue weighted by molar-refractivity contribution is 7.71. The molecular formula is C17H26N4O2S2. The van der Waals surface area contributed by atoms with Gasteiger partial charge in [0.1, 0.15) is 6.04 Å². The second-order valence-electron chi connectivity index (χ2n) is 5.87. The number of hydrogen-bond acceptors (Lipinski definition) is 5. The average Bonchev–Trinajstić information content (AvgIpc) is 3.26. The molecule has 0 aliphatic heterocycles. The van der Waals surface area contributed by atoms with E-state index in [1.54, 1.807) is 18.4 Å². The Bertz CT molecular complexity index is 719. The lowest BCUT2D eigenvalue weighted by Gasteiger charge is -2.33. The van der Waals surface area contributed by atoms with Crippen molar-refractivity contribution < 1.29 is 9.53 Å². The summed E-state index contributed by atoms with van der Waals surface area (Å²) in [6, 6.07) is 3.70. The number of aromatic nitrogens is 3. The Morgan fingerprint density at radius 1 is 1.48 bits per heavy atom. The lowest BCUT2D eigenvalue weighted by atomic mass is 10.1. The van der Waals surface area contributed by atoms with Crippen LogP contribution in [0, 0.1) is 4.77 Å². The predicted molar refractivity (Wildman–Crippen MR) is 103 cm³/mol. The van der Waals surface area contributed by atoms with E-state index in [9.17, 15) is 4.79 Å². The van der Waals surface area contributed by atoms with Crippen LogP contribution in [0.25, 0.3) is 10.7 Å². The fourth-order valence-corrected chi connectivity index (χ4v) is 3.99. The maximum atomic E-state index is 13.2. The molecule has 2 heterocycles. The predicted octanol–water partition coefficient (Wildman–Crippen LogP) is 3.89. The molecule has 0 radical (unpaired) electrons. The highest BCUT2D eigenvalue weighted by atomic mass is 32.1. The van der Waals surface area contributed by atoms with Gasteiger partial charge in [0.2, 0.25) is 5.91 Å². The van der Waals surface area contributed by atoms with Crippen molar-refractivity contribution in [3.63, 3.8) is 0 Å². The third-order valence-corrected chi connectivity index (χ3v) is 5.55. The largest absolute Gasteiger partial charge is 0.383 e. The van der Waals surface area contributed by atoms with E-state index in [1.165, 1.54) is 0 Å². The van der Waals surface area contributed by atoms with Crippen molar-refractivity contribution >= 4 is 29.5 Å². The first-order valence-electron chi connectivity index (χ1n) is 8.55. The van der Waals surface area contributed by atoms with Crippen molar-refractivity contribution in [1.29, 1.82) is 0 Å².